The van der Waals surface area contributed by atoms with Crippen LogP contribution in [0.15, 0.2) is 48.5 Å². The van der Waals surface area contributed by atoms with E-state index in [9.17, 15) is 9.90 Å². The number of piperidine rings is 1. The Hall–Kier alpha value is -2.33. The lowest BCUT2D eigenvalue weighted by Gasteiger charge is -2.33. The van der Waals surface area contributed by atoms with Crippen molar-refractivity contribution in [2.24, 2.45) is 0 Å². The number of carbonyl (C=O) groups is 1. The molecule has 0 aliphatic carbocycles. The average molecular weight is 350 g/mol. The van der Waals surface area contributed by atoms with E-state index in [0.29, 0.717) is 12.3 Å². The molecule has 0 bridgehead atoms. The van der Waals surface area contributed by atoms with Gasteiger partial charge in [0.05, 0.1) is 12.2 Å². The molecule has 2 aromatic rings. The van der Waals surface area contributed by atoms with Gasteiger partial charge in [-0.1, -0.05) is 48.9 Å². The van der Waals surface area contributed by atoms with Crippen molar-refractivity contribution >= 4 is 5.91 Å². The van der Waals surface area contributed by atoms with Crippen LogP contribution in [-0.2, 0) is 17.8 Å². The maximum atomic E-state index is 13.1. The van der Waals surface area contributed by atoms with E-state index in [4.69, 9.17) is 0 Å². The van der Waals surface area contributed by atoms with Crippen molar-refractivity contribution in [3.8, 4) is 5.75 Å². The largest absolute Gasteiger partial charge is 0.508 e. The summed E-state index contributed by atoms with van der Waals surface area (Å²) in [6.45, 7) is 3.57. The summed E-state index contributed by atoms with van der Waals surface area (Å²) >= 11 is 0. The van der Waals surface area contributed by atoms with Crippen molar-refractivity contribution in [3.05, 3.63) is 65.2 Å². The molecule has 0 aromatic heterocycles. The summed E-state index contributed by atoms with van der Waals surface area (Å²) in [5, 5.41) is 9.81. The number of hydrogen-bond donors (Lipinski definition) is 1. The van der Waals surface area contributed by atoms with E-state index in [1.54, 1.807) is 6.07 Å². The van der Waals surface area contributed by atoms with Crippen LogP contribution in [0.2, 0.25) is 0 Å². The highest BCUT2D eigenvalue weighted by molar-refractivity contribution is 5.84. The Bertz CT molecular complexity index is 790. The quantitative estimate of drug-likeness (QED) is 0.918. The van der Waals surface area contributed by atoms with Crippen LogP contribution < -0.4 is 0 Å². The van der Waals surface area contributed by atoms with Crippen molar-refractivity contribution < 1.29 is 9.90 Å². The summed E-state index contributed by atoms with van der Waals surface area (Å²) in [6, 6.07) is 16.1. The van der Waals surface area contributed by atoms with E-state index in [1.807, 2.05) is 37.3 Å². The van der Waals surface area contributed by atoms with Gasteiger partial charge in [0.1, 0.15) is 5.75 Å². The fourth-order valence-corrected chi connectivity index (χ4v) is 4.34. The number of aromatic hydroxyl groups is 1. The van der Waals surface area contributed by atoms with Crippen LogP contribution in [0.1, 0.15) is 36.0 Å². The van der Waals surface area contributed by atoms with Crippen molar-refractivity contribution in [1.29, 1.82) is 0 Å². The third-order valence-electron chi connectivity index (χ3n) is 5.73. The summed E-state index contributed by atoms with van der Waals surface area (Å²) in [5.74, 6) is 0.599. The lowest BCUT2D eigenvalue weighted by molar-refractivity contribution is -0.130. The first-order valence-corrected chi connectivity index (χ1v) is 9.52. The summed E-state index contributed by atoms with van der Waals surface area (Å²) < 4.78 is 0. The number of aryl methyl sites for hydroxylation is 1. The maximum absolute atomic E-state index is 13.1. The molecule has 0 spiro atoms. The minimum atomic E-state index is 0.0377. The summed E-state index contributed by atoms with van der Waals surface area (Å²) in [6.07, 6.45) is 4.16. The Kier molecular flexibility index (Phi) is 4.68. The number of benzene rings is 2. The summed E-state index contributed by atoms with van der Waals surface area (Å²) in [5.41, 5.74) is 3.23. The van der Waals surface area contributed by atoms with E-state index < -0.39 is 0 Å². The van der Waals surface area contributed by atoms with Crippen LogP contribution in [0.5, 0.6) is 5.75 Å². The van der Waals surface area contributed by atoms with Crippen LogP contribution >= 0.6 is 0 Å². The molecule has 1 amide bonds. The maximum Gasteiger partial charge on any atom is 0.241 e. The van der Waals surface area contributed by atoms with Gasteiger partial charge in [-0.05, 0) is 42.5 Å². The monoisotopic (exact) mass is 350 g/mol. The number of phenolic OH excluding ortho intramolecular Hbond substituents is 1. The molecule has 4 rings (SSSR count). The molecule has 2 heterocycles. The normalized spacial score (nSPS) is 23.3. The molecule has 2 unspecified atom stereocenters. The molecule has 2 atom stereocenters. The van der Waals surface area contributed by atoms with Gasteiger partial charge in [0.25, 0.3) is 0 Å². The molecule has 2 fully saturated rings. The Morgan fingerprint density at radius 1 is 1.08 bits per heavy atom. The van der Waals surface area contributed by atoms with Crippen LogP contribution in [0.4, 0.5) is 0 Å². The number of nitrogens with zero attached hydrogens (tertiary/aromatic N) is 2. The summed E-state index contributed by atoms with van der Waals surface area (Å²) in [7, 11) is 0. The second kappa shape index (κ2) is 7.12. The van der Waals surface area contributed by atoms with Crippen LogP contribution in [0.25, 0.3) is 0 Å². The molecule has 136 valence electrons. The Labute approximate surface area is 155 Å². The van der Waals surface area contributed by atoms with Gasteiger partial charge in [0.15, 0.2) is 0 Å². The molecular weight excluding hydrogens is 324 g/mol. The molecule has 26 heavy (non-hydrogen) atoms. The van der Waals surface area contributed by atoms with E-state index in [2.05, 4.69) is 21.9 Å². The first-order valence-electron chi connectivity index (χ1n) is 9.52. The highest BCUT2D eigenvalue weighted by Crippen LogP contribution is 2.33. The third kappa shape index (κ3) is 3.21. The van der Waals surface area contributed by atoms with Gasteiger partial charge in [0, 0.05) is 19.5 Å². The van der Waals surface area contributed by atoms with Crippen molar-refractivity contribution in [2.75, 3.05) is 6.54 Å². The van der Waals surface area contributed by atoms with Crippen molar-refractivity contribution in [3.63, 3.8) is 0 Å². The topological polar surface area (TPSA) is 43.8 Å². The standard InChI is InChI=1S/C22H26N2O2/c1-16-13-18(10-11-20(16)25)14-21-23-12-6-5-9-19(23)22(26)24(21)15-17-7-3-2-4-8-17/h2-4,7-8,10-11,13,19,21,25H,5-6,9,12,14-15H2,1H3. The highest BCUT2D eigenvalue weighted by Gasteiger charge is 2.46. The molecule has 4 nitrogen and oxygen atoms in total. The molecule has 1 N–H and O–H groups in total. The van der Waals surface area contributed by atoms with Crippen LogP contribution in [-0.4, -0.2) is 39.6 Å². The molecule has 0 saturated carbocycles. The molecule has 2 aliphatic heterocycles. The Morgan fingerprint density at radius 2 is 1.88 bits per heavy atom. The first kappa shape index (κ1) is 17.1. The lowest BCUT2D eigenvalue weighted by atomic mass is 10.0. The minimum absolute atomic E-state index is 0.0377. The molecule has 2 aliphatic rings. The van der Waals surface area contributed by atoms with Gasteiger partial charge in [-0.3, -0.25) is 9.69 Å². The molecule has 0 radical (unpaired) electrons. The minimum Gasteiger partial charge on any atom is -0.508 e. The van der Waals surface area contributed by atoms with Gasteiger partial charge >= 0.3 is 0 Å². The SMILES string of the molecule is Cc1cc(CC2N(Cc3ccccc3)C(=O)C3CCCCN32)ccc1O. The zero-order chi connectivity index (χ0) is 18.1. The summed E-state index contributed by atoms with van der Waals surface area (Å²) in [4.78, 5) is 17.6. The highest BCUT2D eigenvalue weighted by atomic mass is 16.3. The van der Waals surface area contributed by atoms with Crippen LogP contribution in [0.3, 0.4) is 0 Å². The van der Waals surface area contributed by atoms with E-state index in [0.717, 1.165) is 37.8 Å². The molecule has 2 saturated heterocycles. The van der Waals surface area contributed by atoms with E-state index >= 15 is 0 Å². The zero-order valence-electron chi connectivity index (χ0n) is 15.3. The number of amides is 1. The van der Waals surface area contributed by atoms with Crippen molar-refractivity contribution in [2.45, 2.75) is 51.4 Å². The van der Waals surface area contributed by atoms with Gasteiger partial charge in [-0.25, -0.2) is 0 Å². The Balaban J connectivity index is 1.62. The third-order valence-corrected chi connectivity index (χ3v) is 5.73. The van der Waals surface area contributed by atoms with Gasteiger partial charge in [-0.15, -0.1) is 0 Å². The second-order valence-electron chi connectivity index (χ2n) is 7.51. The Morgan fingerprint density at radius 3 is 2.65 bits per heavy atom. The first-order chi connectivity index (χ1) is 12.6. The number of fused-ring (bicyclic) bond motifs is 1. The van der Waals surface area contributed by atoms with Gasteiger partial charge in [-0.2, -0.15) is 0 Å². The number of hydrogen-bond acceptors (Lipinski definition) is 3. The van der Waals surface area contributed by atoms with Crippen molar-refractivity contribution in [1.82, 2.24) is 9.80 Å². The fourth-order valence-electron chi connectivity index (χ4n) is 4.34. The van der Waals surface area contributed by atoms with E-state index in [-0.39, 0.29) is 18.1 Å². The average Bonchev–Trinajstić information content (AvgIpc) is 2.92. The van der Waals surface area contributed by atoms with Gasteiger partial charge < -0.3 is 10.0 Å². The number of phenols is 1. The fraction of sp³-hybridized carbons (Fsp3) is 0.409. The van der Waals surface area contributed by atoms with Gasteiger partial charge in [0.2, 0.25) is 5.91 Å². The lowest BCUT2D eigenvalue weighted by Crippen LogP contribution is -2.44. The number of rotatable bonds is 4. The molecule has 4 heteroatoms. The smallest absolute Gasteiger partial charge is 0.241 e. The molecular formula is C22H26N2O2. The molecule has 2 aromatic carbocycles. The zero-order valence-corrected chi connectivity index (χ0v) is 15.3. The van der Waals surface area contributed by atoms with Crippen LogP contribution in [0, 0.1) is 6.92 Å². The number of carbonyl (C=O) groups excluding carboxylic acids is 1. The predicted molar refractivity (Wildman–Crippen MR) is 102 cm³/mol. The predicted octanol–water partition coefficient (Wildman–Crippen LogP) is 3.47. The van der Waals surface area contributed by atoms with E-state index in [1.165, 1.54) is 11.1 Å². The second-order valence-corrected chi connectivity index (χ2v) is 7.51.